The third-order valence-corrected chi connectivity index (χ3v) is 12.4. The molecule has 0 unspecified atom stereocenters. The summed E-state index contributed by atoms with van der Waals surface area (Å²) in [6.07, 6.45) is 0. The highest BCUT2D eigenvalue weighted by Crippen LogP contribution is 2.51. The lowest BCUT2D eigenvalue weighted by atomic mass is 9.81. The minimum atomic E-state index is 0.900. The van der Waals surface area contributed by atoms with Gasteiger partial charge in [0, 0.05) is 21.5 Å². The summed E-state index contributed by atoms with van der Waals surface area (Å²) in [7, 11) is 0. The first-order valence-corrected chi connectivity index (χ1v) is 19.9. The Balaban J connectivity index is 1.11. The standard InChI is InChI=1S/C56H32O2/c1-2-14-34-32-52-48(29-33(34)13-1)47-31-36(26-28-51(47)58-52)54-40-18-5-9-22-44(40)56(45-23-10-6-19-41(45)54)55-42-20-7-3-16-38(42)53(39-17-4-8-21-43(39)55)35-25-27-50-46(30-35)37-15-11-12-24-49(37)57-50/h1-32H. The molecule has 0 fully saturated rings. The van der Waals surface area contributed by atoms with Crippen molar-refractivity contribution in [2.24, 2.45) is 0 Å². The van der Waals surface area contributed by atoms with Crippen LogP contribution in [0.2, 0.25) is 0 Å². The summed E-state index contributed by atoms with van der Waals surface area (Å²) in [4.78, 5) is 0. The van der Waals surface area contributed by atoms with Crippen LogP contribution in [0.4, 0.5) is 0 Å². The highest BCUT2D eigenvalue weighted by molar-refractivity contribution is 6.30. The molecule has 58 heavy (non-hydrogen) atoms. The van der Waals surface area contributed by atoms with Gasteiger partial charge in [-0.1, -0.05) is 152 Å². The number of benzene rings is 11. The Morgan fingerprint density at radius 2 is 0.534 bits per heavy atom. The van der Waals surface area contributed by atoms with Gasteiger partial charge in [-0.3, -0.25) is 0 Å². The Morgan fingerprint density at radius 1 is 0.207 bits per heavy atom. The first-order chi connectivity index (χ1) is 28.8. The fraction of sp³-hybridized carbons (Fsp3) is 0. The van der Waals surface area contributed by atoms with Gasteiger partial charge in [0.2, 0.25) is 0 Å². The highest BCUT2D eigenvalue weighted by Gasteiger charge is 2.23. The van der Waals surface area contributed by atoms with Crippen LogP contribution in [0.15, 0.2) is 203 Å². The first-order valence-electron chi connectivity index (χ1n) is 19.9. The molecule has 0 N–H and O–H groups in total. The van der Waals surface area contributed by atoms with Crippen LogP contribution < -0.4 is 0 Å². The van der Waals surface area contributed by atoms with E-state index in [1.807, 2.05) is 12.1 Å². The molecule has 13 rings (SSSR count). The Hall–Kier alpha value is -7.68. The highest BCUT2D eigenvalue weighted by atomic mass is 16.3. The predicted octanol–water partition coefficient (Wildman–Crippen LogP) is 16.3. The summed E-state index contributed by atoms with van der Waals surface area (Å²) in [6, 6.07) is 70.6. The molecule has 2 nitrogen and oxygen atoms in total. The van der Waals surface area contributed by atoms with E-state index in [4.69, 9.17) is 8.83 Å². The molecule has 11 aromatic carbocycles. The van der Waals surface area contributed by atoms with Crippen molar-refractivity contribution in [3.63, 3.8) is 0 Å². The molecule has 0 amide bonds. The van der Waals surface area contributed by atoms with Crippen LogP contribution in [0.1, 0.15) is 0 Å². The summed E-state index contributed by atoms with van der Waals surface area (Å²) in [6.45, 7) is 0. The molecule has 2 aromatic heterocycles. The van der Waals surface area contributed by atoms with Crippen LogP contribution in [0.3, 0.4) is 0 Å². The fourth-order valence-electron chi connectivity index (χ4n) is 9.92. The third-order valence-electron chi connectivity index (χ3n) is 12.4. The van der Waals surface area contributed by atoms with E-state index in [1.54, 1.807) is 0 Å². The molecular weight excluding hydrogens is 705 g/mol. The second kappa shape index (κ2) is 11.9. The van der Waals surface area contributed by atoms with Crippen LogP contribution in [-0.4, -0.2) is 0 Å². The van der Waals surface area contributed by atoms with E-state index in [2.05, 4.69) is 182 Å². The molecule has 0 aliphatic heterocycles. The zero-order valence-electron chi connectivity index (χ0n) is 31.3. The number of furan rings is 2. The van der Waals surface area contributed by atoms with E-state index in [9.17, 15) is 0 Å². The van der Waals surface area contributed by atoms with Gasteiger partial charge < -0.3 is 8.83 Å². The van der Waals surface area contributed by atoms with Crippen LogP contribution in [0.25, 0.3) is 131 Å². The van der Waals surface area contributed by atoms with E-state index < -0.39 is 0 Å². The SMILES string of the molecule is c1ccc2cc3c(cc2c1)oc1ccc(-c2c4ccccc4c(-c4c5ccccc5c(-c5ccc6oc7ccccc7c6c5)c5ccccc45)c4ccccc24)cc13. The minimum Gasteiger partial charge on any atom is -0.456 e. The summed E-state index contributed by atoms with van der Waals surface area (Å²) >= 11 is 0. The van der Waals surface area contributed by atoms with Gasteiger partial charge in [0.05, 0.1) is 0 Å². The number of para-hydroxylation sites is 1. The lowest BCUT2D eigenvalue weighted by Gasteiger charge is -2.22. The zero-order chi connectivity index (χ0) is 37.9. The number of hydrogen-bond donors (Lipinski definition) is 0. The van der Waals surface area contributed by atoms with Crippen LogP contribution in [-0.2, 0) is 0 Å². The van der Waals surface area contributed by atoms with Crippen molar-refractivity contribution in [1.29, 1.82) is 0 Å². The molecule has 0 saturated heterocycles. The van der Waals surface area contributed by atoms with Gasteiger partial charge in [0.1, 0.15) is 22.3 Å². The Bertz CT molecular complexity index is 3750. The van der Waals surface area contributed by atoms with Gasteiger partial charge in [-0.05, 0) is 130 Å². The third kappa shape index (κ3) is 4.43. The minimum absolute atomic E-state index is 0.900. The van der Waals surface area contributed by atoms with Gasteiger partial charge in [-0.15, -0.1) is 0 Å². The average Bonchev–Trinajstić information content (AvgIpc) is 3.83. The normalized spacial score (nSPS) is 12.1. The van der Waals surface area contributed by atoms with E-state index >= 15 is 0 Å². The molecular formula is C56H32O2. The molecule has 0 bridgehead atoms. The predicted molar refractivity (Wildman–Crippen MR) is 245 cm³/mol. The van der Waals surface area contributed by atoms with Gasteiger partial charge in [-0.25, -0.2) is 0 Å². The summed E-state index contributed by atoms with van der Waals surface area (Å²) in [5.74, 6) is 0. The molecule has 0 aliphatic carbocycles. The van der Waals surface area contributed by atoms with E-state index in [-0.39, 0.29) is 0 Å². The molecule has 268 valence electrons. The smallest absolute Gasteiger partial charge is 0.136 e. The summed E-state index contributed by atoms with van der Waals surface area (Å²) in [5.41, 5.74) is 11.0. The largest absolute Gasteiger partial charge is 0.456 e. The Morgan fingerprint density at radius 3 is 1.02 bits per heavy atom. The molecule has 2 heteroatoms. The fourth-order valence-corrected chi connectivity index (χ4v) is 9.92. The van der Waals surface area contributed by atoms with Crippen LogP contribution in [0.5, 0.6) is 0 Å². The van der Waals surface area contributed by atoms with E-state index in [1.165, 1.54) is 87.2 Å². The van der Waals surface area contributed by atoms with Gasteiger partial charge >= 0.3 is 0 Å². The Kier molecular flexibility index (Phi) is 6.47. The van der Waals surface area contributed by atoms with Crippen molar-refractivity contribution in [1.82, 2.24) is 0 Å². The number of fused-ring (bicyclic) bond motifs is 11. The van der Waals surface area contributed by atoms with Crippen molar-refractivity contribution in [3.8, 4) is 33.4 Å². The van der Waals surface area contributed by atoms with Crippen LogP contribution in [0, 0.1) is 0 Å². The van der Waals surface area contributed by atoms with Gasteiger partial charge in [0.25, 0.3) is 0 Å². The molecule has 0 atom stereocenters. The lowest BCUT2D eigenvalue weighted by Crippen LogP contribution is -1.94. The average molecular weight is 737 g/mol. The number of hydrogen-bond acceptors (Lipinski definition) is 2. The second-order valence-electron chi connectivity index (χ2n) is 15.5. The van der Waals surface area contributed by atoms with Crippen LogP contribution >= 0.6 is 0 Å². The van der Waals surface area contributed by atoms with Crippen molar-refractivity contribution in [2.45, 2.75) is 0 Å². The molecule has 2 heterocycles. The summed E-state index contributed by atoms with van der Waals surface area (Å²) < 4.78 is 12.7. The molecule has 0 aliphatic rings. The van der Waals surface area contributed by atoms with E-state index in [0.29, 0.717) is 0 Å². The monoisotopic (exact) mass is 736 g/mol. The van der Waals surface area contributed by atoms with Gasteiger partial charge in [0.15, 0.2) is 0 Å². The van der Waals surface area contributed by atoms with Crippen molar-refractivity contribution in [2.75, 3.05) is 0 Å². The Labute approximate surface area is 332 Å². The van der Waals surface area contributed by atoms with Crippen molar-refractivity contribution in [3.05, 3.63) is 194 Å². The van der Waals surface area contributed by atoms with Crippen molar-refractivity contribution < 1.29 is 8.83 Å². The lowest BCUT2D eigenvalue weighted by molar-refractivity contribution is 0.669. The summed E-state index contributed by atoms with van der Waals surface area (Å²) in [5, 5.41) is 16.8. The van der Waals surface area contributed by atoms with E-state index in [0.717, 1.165) is 43.9 Å². The number of rotatable bonds is 3. The maximum absolute atomic E-state index is 6.46. The maximum Gasteiger partial charge on any atom is 0.136 e. The molecule has 0 saturated carbocycles. The zero-order valence-corrected chi connectivity index (χ0v) is 31.3. The first kappa shape index (κ1) is 31.5. The van der Waals surface area contributed by atoms with Gasteiger partial charge in [-0.2, -0.15) is 0 Å². The maximum atomic E-state index is 6.46. The molecule has 13 aromatic rings. The quantitative estimate of drug-likeness (QED) is 0.169. The second-order valence-corrected chi connectivity index (χ2v) is 15.5. The van der Waals surface area contributed by atoms with Crippen molar-refractivity contribution >= 4 is 97.7 Å². The molecule has 0 spiro atoms. The molecule has 0 radical (unpaired) electrons. The topological polar surface area (TPSA) is 26.3 Å².